The third-order valence-corrected chi connectivity index (χ3v) is 7.11. The Bertz CT molecular complexity index is 1580. The van der Waals surface area contributed by atoms with E-state index in [1.54, 1.807) is 12.1 Å². The normalized spacial score (nSPS) is 13.1. The van der Waals surface area contributed by atoms with E-state index < -0.39 is 0 Å². The third-order valence-electron chi connectivity index (χ3n) is 7.11. The summed E-state index contributed by atoms with van der Waals surface area (Å²) >= 11 is 0. The Morgan fingerprint density at radius 3 is 2.47 bits per heavy atom. The maximum atomic E-state index is 13.0. The number of hydrogen-bond acceptors (Lipinski definition) is 11. The van der Waals surface area contributed by atoms with Crippen molar-refractivity contribution in [2.24, 2.45) is 5.73 Å². The number of rotatable bonds is 16. The summed E-state index contributed by atoms with van der Waals surface area (Å²) in [6.45, 7) is 5.70. The monoisotopic (exact) mass is 639 g/mol. The topological polar surface area (TPSA) is 136 Å². The molecule has 5 rings (SSSR count). The molecule has 1 saturated heterocycles. The zero-order valence-electron chi connectivity index (χ0n) is 26.5. The van der Waals surface area contributed by atoms with Gasteiger partial charge in [0.15, 0.2) is 0 Å². The van der Waals surface area contributed by atoms with Gasteiger partial charge in [-0.1, -0.05) is 24.3 Å². The number of carbonyl (C=O) groups is 1. The van der Waals surface area contributed by atoms with E-state index in [0.717, 1.165) is 36.8 Å². The van der Waals surface area contributed by atoms with Crippen LogP contribution in [0.4, 0.5) is 22.9 Å². The molecule has 4 aromatic rings. The quantitative estimate of drug-likeness (QED) is 0.112. The van der Waals surface area contributed by atoms with Gasteiger partial charge >= 0.3 is 0 Å². The number of aromatic nitrogens is 2. The van der Waals surface area contributed by atoms with Crippen molar-refractivity contribution in [3.63, 3.8) is 0 Å². The molecule has 12 nitrogen and oxygen atoms in total. The smallest absolute Gasteiger partial charge is 0.248 e. The molecule has 2 heterocycles. The molecular weight excluding hydrogens is 598 g/mol. The van der Waals surface area contributed by atoms with Crippen LogP contribution in [0.25, 0.3) is 0 Å². The van der Waals surface area contributed by atoms with Gasteiger partial charge in [-0.25, -0.2) is 9.97 Å². The molecule has 12 heteroatoms. The van der Waals surface area contributed by atoms with Crippen molar-refractivity contribution >= 4 is 28.8 Å². The highest BCUT2D eigenvalue weighted by Gasteiger charge is 2.17. The molecule has 1 aliphatic rings. The molecule has 0 aliphatic carbocycles. The van der Waals surface area contributed by atoms with Gasteiger partial charge in [0, 0.05) is 50.6 Å². The second-order valence-corrected chi connectivity index (χ2v) is 10.7. The van der Waals surface area contributed by atoms with Crippen LogP contribution in [0.3, 0.4) is 0 Å². The van der Waals surface area contributed by atoms with E-state index in [1.165, 1.54) is 6.33 Å². The maximum absolute atomic E-state index is 13.0. The Morgan fingerprint density at radius 1 is 0.957 bits per heavy atom. The summed E-state index contributed by atoms with van der Waals surface area (Å²) in [6.07, 6.45) is 4.82. The molecule has 1 amide bonds. The molecule has 0 bridgehead atoms. The maximum Gasteiger partial charge on any atom is 0.248 e. The minimum absolute atomic E-state index is 0.220. The fraction of sp³-hybridized carbons (Fsp3) is 0.286. The Kier molecular flexibility index (Phi) is 12.5. The third kappa shape index (κ3) is 10.8. The minimum atomic E-state index is -0.220. The van der Waals surface area contributed by atoms with E-state index in [1.807, 2.05) is 85.9 Å². The number of likely N-dealkylation sites (N-methyl/N-ethyl adjacent to an activating group) is 1. The van der Waals surface area contributed by atoms with Crippen molar-refractivity contribution in [3.8, 4) is 23.1 Å². The molecule has 0 saturated carbocycles. The Hall–Kier alpha value is -5.01. The van der Waals surface area contributed by atoms with Crippen LogP contribution in [0.2, 0.25) is 0 Å². The van der Waals surface area contributed by atoms with Crippen LogP contribution in [0.15, 0.2) is 97.3 Å². The summed E-state index contributed by atoms with van der Waals surface area (Å²) in [5.74, 6) is 2.75. The molecule has 0 radical (unpaired) electrons. The summed E-state index contributed by atoms with van der Waals surface area (Å²) in [5.41, 5.74) is 7.80. The zero-order valence-corrected chi connectivity index (χ0v) is 26.5. The van der Waals surface area contributed by atoms with Gasteiger partial charge in [-0.15, -0.1) is 0 Å². The molecule has 1 fully saturated rings. The predicted molar refractivity (Wildman–Crippen MR) is 183 cm³/mol. The number of para-hydroxylation sites is 1. The molecule has 246 valence electrons. The number of benzene rings is 3. The van der Waals surface area contributed by atoms with Crippen LogP contribution in [-0.4, -0.2) is 87.0 Å². The number of hydrogen-bond donors (Lipinski definition) is 3. The average molecular weight is 640 g/mol. The van der Waals surface area contributed by atoms with Gasteiger partial charge in [0.25, 0.3) is 0 Å². The van der Waals surface area contributed by atoms with Gasteiger partial charge in [0.1, 0.15) is 29.4 Å². The van der Waals surface area contributed by atoms with Gasteiger partial charge in [-0.3, -0.25) is 4.79 Å². The first-order valence-corrected chi connectivity index (χ1v) is 15.6. The van der Waals surface area contributed by atoms with Crippen LogP contribution in [0.1, 0.15) is 0 Å². The molecule has 0 spiro atoms. The van der Waals surface area contributed by atoms with Gasteiger partial charge in [-0.2, -0.15) is 0 Å². The molecule has 0 atom stereocenters. The lowest BCUT2D eigenvalue weighted by Crippen LogP contribution is -2.36. The van der Waals surface area contributed by atoms with Crippen LogP contribution >= 0.6 is 0 Å². The van der Waals surface area contributed by atoms with Gasteiger partial charge < -0.3 is 45.1 Å². The van der Waals surface area contributed by atoms with Crippen molar-refractivity contribution in [2.75, 3.05) is 81.7 Å². The first-order valence-electron chi connectivity index (χ1n) is 15.6. The fourth-order valence-corrected chi connectivity index (χ4v) is 4.74. The second kappa shape index (κ2) is 17.6. The first-order chi connectivity index (χ1) is 23.1. The number of anilines is 4. The van der Waals surface area contributed by atoms with E-state index in [0.29, 0.717) is 68.4 Å². The number of nitrogens with zero attached hydrogens (tertiary/aromatic N) is 4. The average Bonchev–Trinajstić information content (AvgIpc) is 3.09. The lowest BCUT2D eigenvalue weighted by atomic mass is 10.2. The van der Waals surface area contributed by atoms with E-state index in [9.17, 15) is 4.79 Å². The number of nitrogens with one attached hydrogen (secondary N) is 2. The molecule has 3 aromatic carbocycles. The first kappa shape index (κ1) is 33.4. The molecule has 1 aromatic heterocycles. The van der Waals surface area contributed by atoms with E-state index in [4.69, 9.17) is 24.7 Å². The zero-order chi connectivity index (χ0) is 32.7. The van der Waals surface area contributed by atoms with Crippen LogP contribution in [0.5, 0.6) is 23.1 Å². The second-order valence-electron chi connectivity index (χ2n) is 10.7. The van der Waals surface area contributed by atoms with Crippen molar-refractivity contribution in [1.29, 1.82) is 0 Å². The van der Waals surface area contributed by atoms with Gasteiger partial charge in [0.2, 0.25) is 11.8 Å². The summed E-state index contributed by atoms with van der Waals surface area (Å²) in [6, 6.07) is 24.4. The highest BCUT2D eigenvalue weighted by Crippen LogP contribution is 2.32. The van der Waals surface area contributed by atoms with Crippen molar-refractivity contribution < 1.29 is 23.7 Å². The SMILES string of the molecule is CN(C/C=C/C(=O)Nc1cc(Nc2cc(Oc3ccc(Oc4ccccc4)cc3)ncn2)ccc1N1CCOCC1)CCOCCN. The van der Waals surface area contributed by atoms with Gasteiger partial charge in [-0.05, 0) is 61.6 Å². The Balaban J connectivity index is 1.22. The summed E-state index contributed by atoms with van der Waals surface area (Å²) in [4.78, 5) is 25.9. The van der Waals surface area contributed by atoms with E-state index >= 15 is 0 Å². The Labute approximate surface area is 275 Å². The summed E-state index contributed by atoms with van der Waals surface area (Å²) in [5, 5.41) is 6.37. The predicted octanol–water partition coefficient (Wildman–Crippen LogP) is 5.04. The number of ether oxygens (including phenoxy) is 4. The largest absolute Gasteiger partial charge is 0.457 e. The van der Waals surface area contributed by atoms with Gasteiger partial charge in [0.05, 0.1) is 37.8 Å². The minimum Gasteiger partial charge on any atom is -0.457 e. The van der Waals surface area contributed by atoms with Crippen molar-refractivity contribution in [3.05, 3.63) is 97.3 Å². The number of morpholine rings is 1. The summed E-state index contributed by atoms with van der Waals surface area (Å²) in [7, 11) is 1.97. The standard InChI is InChI=1S/C35H41N7O5/c1-41(17-21-44-20-15-36)16-5-8-34(43)40-31-24-27(9-14-32(31)42-18-22-45-23-19-42)39-33-25-35(38-26-37-33)47-30-12-10-29(11-13-30)46-28-6-3-2-4-7-28/h2-14,24-26H,15-23,36H2,1H3,(H,40,43)(H,37,38,39)/b8-5+. The molecule has 4 N–H and O–H groups in total. The highest BCUT2D eigenvalue weighted by molar-refractivity contribution is 6.02. The van der Waals surface area contributed by atoms with Crippen LogP contribution < -0.4 is 30.7 Å². The lowest BCUT2D eigenvalue weighted by Gasteiger charge is -2.30. The Morgan fingerprint density at radius 2 is 1.70 bits per heavy atom. The van der Waals surface area contributed by atoms with E-state index in [-0.39, 0.29) is 5.91 Å². The summed E-state index contributed by atoms with van der Waals surface area (Å²) < 4.78 is 22.8. The molecule has 1 aliphatic heterocycles. The molecular formula is C35H41N7O5. The van der Waals surface area contributed by atoms with Crippen molar-refractivity contribution in [2.45, 2.75) is 0 Å². The lowest BCUT2D eigenvalue weighted by molar-refractivity contribution is -0.111. The van der Waals surface area contributed by atoms with Crippen molar-refractivity contribution in [1.82, 2.24) is 14.9 Å². The van der Waals surface area contributed by atoms with Crippen LogP contribution in [0, 0.1) is 0 Å². The van der Waals surface area contributed by atoms with Crippen LogP contribution in [-0.2, 0) is 14.3 Å². The highest BCUT2D eigenvalue weighted by atomic mass is 16.5. The number of carbonyl (C=O) groups excluding carboxylic acids is 1. The number of nitrogens with two attached hydrogens (primary N) is 1. The van der Waals surface area contributed by atoms with E-state index in [2.05, 4.69) is 30.4 Å². The molecule has 0 unspecified atom stereocenters. The number of amides is 1. The fourth-order valence-electron chi connectivity index (χ4n) is 4.74. The molecule has 47 heavy (non-hydrogen) atoms.